The minimum atomic E-state index is -0.899. The number of ether oxygens (including phenoxy) is 1. The van der Waals surface area contributed by atoms with Crippen molar-refractivity contribution in [2.75, 3.05) is 44.2 Å². The molecule has 4 aromatic rings. The highest BCUT2D eigenvalue weighted by atomic mass is 19.1. The topological polar surface area (TPSA) is 86.6 Å². The zero-order chi connectivity index (χ0) is 30.2. The fourth-order valence-electron chi connectivity index (χ4n) is 8.22. The molecule has 2 aromatic carbocycles. The van der Waals surface area contributed by atoms with Crippen LogP contribution in [-0.4, -0.2) is 82.0 Å². The average Bonchev–Trinajstić information content (AvgIpc) is 3.77. The van der Waals surface area contributed by atoms with Gasteiger partial charge in [-0.1, -0.05) is 13.0 Å². The molecule has 8 nitrogen and oxygen atoms in total. The molecule has 6 heterocycles. The van der Waals surface area contributed by atoms with Crippen LogP contribution < -0.4 is 15.0 Å². The van der Waals surface area contributed by atoms with Crippen molar-refractivity contribution in [2.24, 2.45) is 5.92 Å². The van der Waals surface area contributed by atoms with E-state index in [9.17, 15) is 13.9 Å². The molecule has 44 heavy (non-hydrogen) atoms. The molecule has 230 valence electrons. The molecule has 4 aliphatic rings. The number of aryl methyl sites for hydroxylation is 1. The number of pyridine rings is 1. The summed E-state index contributed by atoms with van der Waals surface area (Å²) in [7, 11) is 0. The molecule has 0 bridgehead atoms. The summed E-state index contributed by atoms with van der Waals surface area (Å²) in [6.45, 7) is 5.76. The highest BCUT2D eigenvalue weighted by Crippen LogP contribution is 2.42. The Morgan fingerprint density at radius 2 is 2.05 bits per heavy atom. The third-order valence-corrected chi connectivity index (χ3v) is 10.3. The fraction of sp³-hybridized carbons (Fsp3) is 0.485. The van der Waals surface area contributed by atoms with Crippen molar-refractivity contribution in [1.29, 1.82) is 0 Å². The number of fused-ring (bicyclic) bond motifs is 4. The maximum atomic E-state index is 16.8. The lowest BCUT2D eigenvalue weighted by atomic mass is 9.94. The third-order valence-electron chi connectivity index (χ3n) is 10.3. The molecule has 0 amide bonds. The van der Waals surface area contributed by atoms with Gasteiger partial charge in [0, 0.05) is 43.9 Å². The Morgan fingerprint density at radius 3 is 2.89 bits per heavy atom. The molecule has 0 aliphatic carbocycles. The molecular formula is C33H35F3N6O2. The summed E-state index contributed by atoms with van der Waals surface area (Å²) in [4.78, 5) is 18.2. The van der Waals surface area contributed by atoms with Gasteiger partial charge >= 0.3 is 6.01 Å². The van der Waals surface area contributed by atoms with Gasteiger partial charge in [0.1, 0.15) is 41.4 Å². The van der Waals surface area contributed by atoms with Crippen molar-refractivity contribution in [1.82, 2.24) is 25.2 Å². The number of rotatable bonds is 6. The highest BCUT2D eigenvalue weighted by molar-refractivity contribution is 6.01. The van der Waals surface area contributed by atoms with Gasteiger partial charge in [-0.15, -0.1) is 0 Å². The summed E-state index contributed by atoms with van der Waals surface area (Å²) in [6, 6.07) is 6.27. The molecule has 8 rings (SSSR count). The van der Waals surface area contributed by atoms with Crippen LogP contribution in [0.15, 0.2) is 30.5 Å². The number of halogens is 3. The monoisotopic (exact) mass is 604 g/mol. The van der Waals surface area contributed by atoms with Crippen LogP contribution in [0.4, 0.5) is 19.0 Å². The van der Waals surface area contributed by atoms with E-state index in [4.69, 9.17) is 9.72 Å². The van der Waals surface area contributed by atoms with Crippen LogP contribution in [0.3, 0.4) is 0 Å². The van der Waals surface area contributed by atoms with Crippen LogP contribution in [0.25, 0.3) is 32.9 Å². The lowest BCUT2D eigenvalue weighted by Gasteiger charge is -2.31. The van der Waals surface area contributed by atoms with Crippen LogP contribution in [-0.2, 0) is 6.42 Å². The summed E-state index contributed by atoms with van der Waals surface area (Å²) in [5, 5.41) is 15.6. The number of nitrogens with one attached hydrogen (secondary N) is 1. The molecule has 4 saturated heterocycles. The summed E-state index contributed by atoms with van der Waals surface area (Å²) in [5.74, 6) is -0.153. The average molecular weight is 605 g/mol. The van der Waals surface area contributed by atoms with Crippen LogP contribution in [0.1, 0.15) is 38.2 Å². The summed E-state index contributed by atoms with van der Waals surface area (Å²) >= 11 is 0. The number of aromatic nitrogens is 3. The van der Waals surface area contributed by atoms with Crippen molar-refractivity contribution < 1.29 is 23.0 Å². The number of nitrogens with zero attached hydrogens (tertiary/aromatic N) is 5. The van der Waals surface area contributed by atoms with E-state index in [0.717, 1.165) is 45.4 Å². The number of benzene rings is 2. The Morgan fingerprint density at radius 1 is 1.16 bits per heavy atom. The van der Waals surface area contributed by atoms with E-state index in [0.29, 0.717) is 64.4 Å². The Balaban J connectivity index is 1.26. The second-order valence-corrected chi connectivity index (χ2v) is 12.9. The van der Waals surface area contributed by atoms with Gasteiger partial charge < -0.3 is 20.1 Å². The van der Waals surface area contributed by atoms with Gasteiger partial charge in [0.15, 0.2) is 5.82 Å². The first kappa shape index (κ1) is 27.8. The first-order valence-corrected chi connectivity index (χ1v) is 15.6. The second kappa shape index (κ2) is 10.4. The Bertz CT molecular complexity index is 1780. The number of aromatic hydroxyl groups is 1. The molecular weight excluding hydrogens is 569 g/mol. The Kier molecular flexibility index (Phi) is 6.60. The second-order valence-electron chi connectivity index (χ2n) is 12.9. The largest absolute Gasteiger partial charge is 0.508 e. The van der Waals surface area contributed by atoms with Crippen LogP contribution in [0, 0.1) is 17.6 Å². The number of phenolic OH excluding ortho intramolecular Hbond substituents is 1. The molecule has 0 radical (unpaired) electrons. The molecule has 0 saturated carbocycles. The molecule has 11 heteroatoms. The van der Waals surface area contributed by atoms with E-state index in [1.165, 1.54) is 18.2 Å². The molecule has 4 fully saturated rings. The number of anilines is 1. The SMILES string of the molecule is CCc1c(F)ccc2cc(O)cc(-c3ncc4c(N5C[C@H]6CCN[C@H]6C5)nc(OC[C@@]56CCCN5C[C@H](F)C6)nc4c3F)c12. The van der Waals surface area contributed by atoms with E-state index in [1.54, 1.807) is 12.3 Å². The van der Waals surface area contributed by atoms with Crippen molar-refractivity contribution in [3.63, 3.8) is 0 Å². The van der Waals surface area contributed by atoms with Crippen molar-refractivity contribution >= 4 is 27.5 Å². The van der Waals surface area contributed by atoms with Gasteiger partial charge in [-0.05, 0) is 79.2 Å². The standard InChI is InChI=1S/C33H35F3N6O2/c1-2-22-25(35)5-4-18-10-21(43)11-23(27(18)22)29-28(36)30-24(13-38-29)31(41-14-19-6-8-37-26(19)16-41)40-32(39-30)44-17-33-7-3-9-42(33)15-20(34)12-33/h4-5,10-11,13,19-20,26,37,43H,2-3,6-9,12,14-17H2,1H3/t19-,20-,26+,33+/m1/s1. The zero-order valence-electron chi connectivity index (χ0n) is 24.6. The van der Waals surface area contributed by atoms with Gasteiger partial charge in [-0.2, -0.15) is 9.97 Å². The molecule has 4 atom stereocenters. The van der Waals surface area contributed by atoms with Crippen LogP contribution in [0.5, 0.6) is 11.8 Å². The van der Waals surface area contributed by atoms with Crippen molar-refractivity contribution in [2.45, 2.75) is 56.8 Å². The van der Waals surface area contributed by atoms with Gasteiger partial charge in [-0.25, -0.2) is 13.2 Å². The van der Waals surface area contributed by atoms with Crippen molar-refractivity contribution in [3.05, 3.63) is 47.7 Å². The van der Waals surface area contributed by atoms with Crippen LogP contribution in [0.2, 0.25) is 0 Å². The first-order valence-electron chi connectivity index (χ1n) is 15.6. The lowest BCUT2D eigenvalue weighted by molar-refractivity contribution is 0.107. The first-order chi connectivity index (χ1) is 21.3. The Hall–Kier alpha value is -3.70. The van der Waals surface area contributed by atoms with E-state index < -0.39 is 23.3 Å². The van der Waals surface area contributed by atoms with Gasteiger partial charge in [0.2, 0.25) is 0 Å². The van der Waals surface area contributed by atoms with E-state index in [1.807, 2.05) is 6.92 Å². The normalized spacial score (nSPS) is 26.6. The van der Waals surface area contributed by atoms with E-state index in [-0.39, 0.29) is 29.6 Å². The number of hydrogen-bond donors (Lipinski definition) is 2. The zero-order valence-corrected chi connectivity index (χ0v) is 24.6. The summed E-state index contributed by atoms with van der Waals surface area (Å²) in [6.07, 6.45) is 4.32. The fourth-order valence-corrected chi connectivity index (χ4v) is 8.22. The summed E-state index contributed by atoms with van der Waals surface area (Å²) < 4.78 is 52.4. The van der Waals surface area contributed by atoms with Gasteiger partial charge in [-0.3, -0.25) is 9.88 Å². The number of alkyl halides is 1. The molecule has 4 aliphatic heterocycles. The van der Waals surface area contributed by atoms with E-state index in [2.05, 4.69) is 25.1 Å². The Labute approximate surface area is 253 Å². The lowest BCUT2D eigenvalue weighted by Crippen LogP contribution is -2.43. The van der Waals surface area contributed by atoms with Crippen molar-refractivity contribution in [3.8, 4) is 23.0 Å². The smallest absolute Gasteiger partial charge is 0.319 e. The quantitative estimate of drug-likeness (QED) is 0.313. The summed E-state index contributed by atoms with van der Waals surface area (Å²) in [5.41, 5.74) is 0.312. The predicted molar refractivity (Wildman–Crippen MR) is 162 cm³/mol. The minimum absolute atomic E-state index is 0.0362. The maximum Gasteiger partial charge on any atom is 0.319 e. The maximum absolute atomic E-state index is 16.8. The molecule has 2 N–H and O–H groups in total. The molecule has 0 spiro atoms. The predicted octanol–water partition coefficient (Wildman–Crippen LogP) is 5.14. The third kappa shape index (κ3) is 4.38. The van der Waals surface area contributed by atoms with Gasteiger partial charge in [0.25, 0.3) is 0 Å². The van der Waals surface area contributed by atoms with Gasteiger partial charge in [0.05, 0.1) is 10.9 Å². The molecule has 0 unspecified atom stereocenters. The molecule has 2 aromatic heterocycles. The minimum Gasteiger partial charge on any atom is -0.508 e. The number of phenols is 1. The van der Waals surface area contributed by atoms with Crippen LogP contribution >= 0.6 is 0 Å². The van der Waals surface area contributed by atoms with E-state index >= 15 is 4.39 Å². The number of hydrogen-bond acceptors (Lipinski definition) is 8. The highest BCUT2D eigenvalue weighted by Gasteiger charge is 2.49.